The van der Waals surface area contributed by atoms with Gasteiger partial charge < -0.3 is 16.0 Å². The summed E-state index contributed by atoms with van der Waals surface area (Å²) in [5.41, 5.74) is 10.2. The minimum absolute atomic E-state index is 0.0998. The predicted molar refractivity (Wildman–Crippen MR) is 86.6 cm³/mol. The molecule has 5 heteroatoms. The molecule has 0 aliphatic carbocycles. The molecule has 0 bridgehead atoms. The summed E-state index contributed by atoms with van der Waals surface area (Å²) in [6, 6.07) is 4.08. The minimum Gasteiger partial charge on any atom is -0.397 e. The molecule has 0 aromatic heterocycles. The average Bonchev–Trinajstić information content (AvgIpc) is 2.37. The lowest BCUT2D eigenvalue weighted by molar-refractivity contribution is -0.116. The molecule has 1 aromatic rings. The van der Waals surface area contributed by atoms with Crippen molar-refractivity contribution in [2.75, 3.05) is 34.8 Å². The zero-order valence-electron chi connectivity index (χ0n) is 12.0. The molecule has 0 unspecified atom stereocenters. The first-order valence-electron chi connectivity index (χ1n) is 7.06. The largest absolute Gasteiger partial charge is 0.397 e. The molecule has 1 saturated heterocycles. The van der Waals surface area contributed by atoms with E-state index in [9.17, 15) is 4.79 Å². The molecule has 0 saturated carbocycles. The van der Waals surface area contributed by atoms with Crippen LogP contribution in [-0.4, -0.2) is 29.5 Å². The number of aryl methyl sites for hydroxylation is 1. The number of nitrogens with zero attached hydrogens (tertiary/aromatic N) is 1. The summed E-state index contributed by atoms with van der Waals surface area (Å²) >= 11 is 2.00. The van der Waals surface area contributed by atoms with Crippen molar-refractivity contribution in [3.8, 4) is 0 Å². The van der Waals surface area contributed by atoms with E-state index >= 15 is 0 Å². The lowest BCUT2D eigenvalue weighted by Crippen LogP contribution is -2.43. The average molecular weight is 291 g/mol. The van der Waals surface area contributed by atoms with Crippen LogP contribution in [0.1, 0.15) is 25.8 Å². The third-order valence-electron chi connectivity index (χ3n) is 3.91. The molecule has 1 aromatic carbocycles. The Bertz CT molecular complexity index is 556. The number of nitrogens with one attached hydrogen (secondary N) is 1. The molecule has 0 atom stereocenters. The van der Waals surface area contributed by atoms with Crippen molar-refractivity contribution in [3.63, 3.8) is 0 Å². The highest BCUT2D eigenvalue weighted by molar-refractivity contribution is 8.00. The van der Waals surface area contributed by atoms with Crippen molar-refractivity contribution in [2.24, 2.45) is 0 Å². The van der Waals surface area contributed by atoms with Gasteiger partial charge in [-0.3, -0.25) is 4.79 Å². The quantitative estimate of drug-likeness (QED) is 0.781. The molecule has 2 heterocycles. The van der Waals surface area contributed by atoms with Crippen molar-refractivity contribution in [1.82, 2.24) is 0 Å². The van der Waals surface area contributed by atoms with Crippen LogP contribution in [0, 0.1) is 0 Å². The first kappa shape index (κ1) is 13.6. The van der Waals surface area contributed by atoms with E-state index in [0.29, 0.717) is 6.42 Å². The highest BCUT2D eigenvalue weighted by atomic mass is 32.2. The lowest BCUT2D eigenvalue weighted by Gasteiger charge is -2.39. The predicted octanol–water partition coefficient (Wildman–Crippen LogP) is 2.49. The van der Waals surface area contributed by atoms with Gasteiger partial charge in [-0.2, -0.15) is 11.8 Å². The van der Waals surface area contributed by atoms with E-state index in [2.05, 4.69) is 24.1 Å². The van der Waals surface area contributed by atoms with Crippen molar-refractivity contribution < 1.29 is 4.79 Å². The van der Waals surface area contributed by atoms with E-state index in [0.717, 1.165) is 47.9 Å². The van der Waals surface area contributed by atoms with Gasteiger partial charge in [-0.15, -0.1) is 0 Å². The molecular weight excluding hydrogens is 270 g/mol. The zero-order chi connectivity index (χ0) is 14.3. The van der Waals surface area contributed by atoms with Crippen molar-refractivity contribution in [2.45, 2.75) is 31.4 Å². The zero-order valence-corrected chi connectivity index (χ0v) is 12.8. The summed E-state index contributed by atoms with van der Waals surface area (Å²) in [6.07, 6.45) is 1.34. The number of carbonyl (C=O) groups is 1. The van der Waals surface area contributed by atoms with E-state index in [1.807, 2.05) is 23.9 Å². The number of thioether (sulfide) groups is 1. The maximum absolute atomic E-state index is 11.5. The number of hydrogen-bond donors (Lipinski definition) is 2. The van der Waals surface area contributed by atoms with Crippen LogP contribution < -0.4 is 16.0 Å². The van der Waals surface area contributed by atoms with E-state index < -0.39 is 0 Å². The fourth-order valence-electron chi connectivity index (χ4n) is 2.93. The summed E-state index contributed by atoms with van der Waals surface area (Å²) in [4.78, 5) is 13.9. The number of anilines is 3. The maximum Gasteiger partial charge on any atom is 0.224 e. The number of fused-ring (bicyclic) bond motifs is 1. The number of carbonyl (C=O) groups excluding carboxylic acids is 1. The highest BCUT2D eigenvalue weighted by Gasteiger charge is 2.29. The maximum atomic E-state index is 11.5. The van der Waals surface area contributed by atoms with Gasteiger partial charge in [0, 0.05) is 35.7 Å². The second kappa shape index (κ2) is 4.88. The standard InChI is InChI=1S/C15H21N3OS/c1-15(2)9-18(5-6-20-15)13-8-12-10(7-11(13)16)3-4-14(19)17-12/h7-8H,3-6,9,16H2,1-2H3,(H,17,19). The molecule has 2 aliphatic rings. The highest BCUT2D eigenvalue weighted by Crippen LogP contribution is 2.37. The molecular formula is C15H21N3OS. The van der Waals surface area contributed by atoms with Crippen molar-refractivity contribution in [1.29, 1.82) is 0 Å². The molecule has 1 fully saturated rings. The van der Waals surface area contributed by atoms with Crippen LogP contribution in [0.5, 0.6) is 0 Å². The second-order valence-corrected chi connectivity index (χ2v) is 7.95. The second-order valence-electron chi connectivity index (χ2n) is 6.15. The van der Waals surface area contributed by atoms with Crippen molar-refractivity contribution in [3.05, 3.63) is 17.7 Å². The normalized spacial score (nSPS) is 21.3. The van der Waals surface area contributed by atoms with Crippen LogP contribution >= 0.6 is 11.8 Å². The van der Waals surface area contributed by atoms with E-state index in [-0.39, 0.29) is 10.7 Å². The van der Waals surface area contributed by atoms with Crippen LogP contribution in [0.25, 0.3) is 0 Å². The van der Waals surface area contributed by atoms with Gasteiger partial charge in [0.2, 0.25) is 5.91 Å². The lowest BCUT2D eigenvalue weighted by atomic mass is 10.0. The molecule has 20 heavy (non-hydrogen) atoms. The van der Waals surface area contributed by atoms with Gasteiger partial charge in [-0.25, -0.2) is 0 Å². The Morgan fingerprint density at radius 2 is 2.15 bits per heavy atom. The van der Waals surface area contributed by atoms with Gasteiger partial charge in [0.15, 0.2) is 0 Å². The number of benzene rings is 1. The molecule has 2 aliphatic heterocycles. The summed E-state index contributed by atoms with van der Waals surface area (Å²) in [5, 5.41) is 2.96. The molecule has 0 spiro atoms. The summed E-state index contributed by atoms with van der Waals surface area (Å²) < 4.78 is 0.240. The van der Waals surface area contributed by atoms with Gasteiger partial charge in [0.05, 0.1) is 11.4 Å². The van der Waals surface area contributed by atoms with E-state index in [1.165, 1.54) is 0 Å². The Morgan fingerprint density at radius 3 is 2.90 bits per heavy atom. The fourth-order valence-corrected chi connectivity index (χ4v) is 4.04. The third kappa shape index (κ3) is 2.59. The number of nitrogen functional groups attached to an aromatic ring is 1. The Morgan fingerprint density at radius 1 is 1.35 bits per heavy atom. The molecule has 3 N–H and O–H groups in total. The Hall–Kier alpha value is -1.36. The number of amides is 1. The van der Waals surface area contributed by atoms with E-state index in [4.69, 9.17) is 5.73 Å². The SMILES string of the molecule is CC1(C)CN(c2cc3c(cc2N)CCC(=O)N3)CCS1. The van der Waals surface area contributed by atoms with Gasteiger partial charge in [-0.1, -0.05) is 0 Å². The minimum atomic E-state index is 0.0998. The van der Waals surface area contributed by atoms with Crippen LogP contribution in [0.15, 0.2) is 12.1 Å². The van der Waals surface area contributed by atoms with Crippen LogP contribution in [0.4, 0.5) is 17.1 Å². The monoisotopic (exact) mass is 291 g/mol. The Labute approximate surface area is 124 Å². The first-order chi connectivity index (χ1) is 9.44. The first-order valence-corrected chi connectivity index (χ1v) is 8.04. The molecule has 0 radical (unpaired) electrons. The van der Waals surface area contributed by atoms with Crippen molar-refractivity contribution >= 4 is 34.7 Å². The third-order valence-corrected chi connectivity index (χ3v) is 5.21. The summed E-state index contributed by atoms with van der Waals surface area (Å²) in [6.45, 7) is 6.51. The Balaban J connectivity index is 1.93. The summed E-state index contributed by atoms with van der Waals surface area (Å²) in [7, 11) is 0. The number of hydrogen-bond acceptors (Lipinski definition) is 4. The number of rotatable bonds is 1. The molecule has 4 nitrogen and oxygen atoms in total. The Kier molecular flexibility index (Phi) is 3.32. The summed E-state index contributed by atoms with van der Waals surface area (Å²) in [5.74, 6) is 1.21. The topological polar surface area (TPSA) is 58.4 Å². The molecule has 3 rings (SSSR count). The smallest absolute Gasteiger partial charge is 0.224 e. The molecule has 1 amide bonds. The van der Waals surface area contributed by atoms with Crippen LogP contribution in [0.2, 0.25) is 0 Å². The number of nitrogens with two attached hydrogens (primary N) is 1. The van der Waals surface area contributed by atoms with Gasteiger partial charge >= 0.3 is 0 Å². The van der Waals surface area contributed by atoms with Crippen LogP contribution in [0.3, 0.4) is 0 Å². The van der Waals surface area contributed by atoms with Gasteiger partial charge in [0.1, 0.15) is 0 Å². The van der Waals surface area contributed by atoms with E-state index in [1.54, 1.807) is 0 Å². The molecule has 108 valence electrons. The van der Waals surface area contributed by atoms with Crippen LogP contribution in [-0.2, 0) is 11.2 Å². The fraction of sp³-hybridized carbons (Fsp3) is 0.533. The van der Waals surface area contributed by atoms with Gasteiger partial charge in [-0.05, 0) is 38.0 Å². The van der Waals surface area contributed by atoms with Gasteiger partial charge in [0.25, 0.3) is 0 Å².